The summed E-state index contributed by atoms with van der Waals surface area (Å²) in [6.07, 6.45) is 7.47. The first-order valence-corrected chi connectivity index (χ1v) is 9.27. The third-order valence-corrected chi connectivity index (χ3v) is 4.99. The van der Waals surface area contributed by atoms with Crippen LogP contribution in [0, 0.1) is 6.92 Å². The van der Waals surface area contributed by atoms with Gasteiger partial charge < -0.3 is 14.8 Å². The molecule has 0 radical (unpaired) electrons. The lowest BCUT2D eigenvalue weighted by Crippen LogP contribution is -2.43. The largest absolute Gasteiger partial charge is 0.324 e. The third-order valence-electron chi connectivity index (χ3n) is 4.99. The van der Waals surface area contributed by atoms with E-state index in [0.29, 0.717) is 6.54 Å². The molecule has 0 spiro atoms. The minimum Gasteiger partial charge on any atom is -0.324 e. The summed E-state index contributed by atoms with van der Waals surface area (Å²) < 4.78 is 2.26. The Balaban J connectivity index is 1.54. The number of carbonyl (C=O) groups excluding carboxylic acids is 1. The van der Waals surface area contributed by atoms with Gasteiger partial charge in [0.1, 0.15) is 5.82 Å². The molecule has 3 heterocycles. The second-order valence-corrected chi connectivity index (χ2v) is 6.87. The zero-order valence-electron chi connectivity index (χ0n) is 15.4. The lowest BCUT2D eigenvalue weighted by Gasteiger charge is -2.34. The monoisotopic (exact) mass is 361 g/mol. The maximum atomic E-state index is 12.7. The molecular formula is C21H23N5O. The summed E-state index contributed by atoms with van der Waals surface area (Å²) in [7, 11) is 0. The fourth-order valence-corrected chi connectivity index (χ4v) is 3.70. The van der Waals surface area contributed by atoms with Gasteiger partial charge in [-0.3, -0.25) is 4.98 Å². The van der Waals surface area contributed by atoms with Crippen LogP contribution in [-0.4, -0.2) is 38.6 Å². The van der Waals surface area contributed by atoms with E-state index in [2.05, 4.69) is 26.8 Å². The van der Waals surface area contributed by atoms with Crippen molar-refractivity contribution < 1.29 is 4.79 Å². The Morgan fingerprint density at radius 1 is 1.15 bits per heavy atom. The number of hydrogen-bond acceptors (Lipinski definition) is 3. The van der Waals surface area contributed by atoms with Gasteiger partial charge in [0.2, 0.25) is 0 Å². The quantitative estimate of drug-likeness (QED) is 0.763. The fraction of sp³-hybridized carbons (Fsp3) is 0.286. The Hall–Kier alpha value is -3.15. The number of nitrogens with one attached hydrogen (secondary N) is 1. The van der Waals surface area contributed by atoms with Crippen molar-refractivity contribution in [1.29, 1.82) is 0 Å². The van der Waals surface area contributed by atoms with Gasteiger partial charge in [-0.2, -0.15) is 0 Å². The van der Waals surface area contributed by atoms with Crippen LogP contribution in [0.15, 0.2) is 61.1 Å². The third kappa shape index (κ3) is 3.69. The standard InChI is InChI=1S/C21H23N5O/c1-16-14-23-20(17-9-11-22-12-10-17)26(16)19-8-5-13-25(15-19)21(27)24-18-6-3-2-4-7-18/h2-4,6-7,9-12,14,19H,5,8,13,15H2,1H3,(H,24,27). The Kier molecular flexibility index (Phi) is 4.87. The molecule has 2 amide bonds. The number of aromatic nitrogens is 3. The number of likely N-dealkylation sites (tertiary alicyclic amines) is 1. The lowest BCUT2D eigenvalue weighted by molar-refractivity contribution is 0.178. The smallest absolute Gasteiger partial charge is 0.321 e. The Bertz CT molecular complexity index is 907. The van der Waals surface area contributed by atoms with Crippen molar-refractivity contribution in [2.75, 3.05) is 18.4 Å². The molecule has 138 valence electrons. The molecule has 1 unspecified atom stereocenters. The van der Waals surface area contributed by atoms with Gasteiger partial charge in [-0.05, 0) is 44.0 Å². The van der Waals surface area contributed by atoms with Crippen LogP contribution in [0.5, 0.6) is 0 Å². The van der Waals surface area contributed by atoms with Crippen molar-refractivity contribution in [3.05, 3.63) is 66.7 Å². The minimum atomic E-state index is -0.0471. The second kappa shape index (κ2) is 7.61. The molecule has 1 aliphatic rings. The van der Waals surface area contributed by atoms with Crippen LogP contribution in [0.4, 0.5) is 10.5 Å². The molecule has 6 nitrogen and oxygen atoms in total. The number of rotatable bonds is 3. The number of imidazole rings is 1. The summed E-state index contributed by atoms with van der Waals surface area (Å²) in [4.78, 5) is 23.3. The van der Waals surface area contributed by atoms with Crippen LogP contribution >= 0.6 is 0 Å². The van der Waals surface area contributed by atoms with Crippen LogP contribution in [-0.2, 0) is 0 Å². The highest BCUT2D eigenvalue weighted by Gasteiger charge is 2.27. The molecule has 1 fully saturated rings. The normalized spacial score (nSPS) is 16.9. The molecule has 0 aliphatic carbocycles. The summed E-state index contributed by atoms with van der Waals surface area (Å²) in [6.45, 7) is 3.52. The second-order valence-electron chi connectivity index (χ2n) is 6.87. The minimum absolute atomic E-state index is 0.0471. The van der Waals surface area contributed by atoms with Crippen molar-refractivity contribution in [3.63, 3.8) is 0 Å². The van der Waals surface area contributed by atoms with E-state index in [-0.39, 0.29) is 12.1 Å². The molecule has 4 rings (SSSR count). The van der Waals surface area contributed by atoms with Gasteiger partial charge in [0.05, 0.1) is 6.04 Å². The molecule has 1 saturated heterocycles. The molecular weight excluding hydrogens is 338 g/mol. The van der Waals surface area contributed by atoms with Gasteiger partial charge in [-0.15, -0.1) is 0 Å². The van der Waals surface area contributed by atoms with Gasteiger partial charge in [0, 0.05) is 48.6 Å². The van der Waals surface area contributed by atoms with E-state index in [1.54, 1.807) is 12.4 Å². The predicted octanol–water partition coefficient (Wildman–Crippen LogP) is 4.12. The van der Waals surface area contributed by atoms with E-state index in [0.717, 1.165) is 42.2 Å². The number of anilines is 1. The zero-order valence-corrected chi connectivity index (χ0v) is 15.4. The van der Waals surface area contributed by atoms with Crippen molar-refractivity contribution in [2.45, 2.75) is 25.8 Å². The first-order chi connectivity index (χ1) is 13.2. The fourth-order valence-electron chi connectivity index (χ4n) is 3.70. The first kappa shape index (κ1) is 17.3. The molecule has 0 bridgehead atoms. The van der Waals surface area contributed by atoms with Gasteiger partial charge >= 0.3 is 6.03 Å². The van der Waals surface area contributed by atoms with Crippen molar-refractivity contribution in [3.8, 4) is 11.4 Å². The average molecular weight is 361 g/mol. The molecule has 0 saturated carbocycles. The molecule has 1 atom stereocenters. The number of benzene rings is 1. The van der Waals surface area contributed by atoms with E-state index in [1.165, 1.54) is 0 Å². The summed E-state index contributed by atoms with van der Waals surface area (Å²) in [5, 5.41) is 2.99. The number of piperidine rings is 1. The molecule has 27 heavy (non-hydrogen) atoms. The van der Waals surface area contributed by atoms with Crippen LogP contribution in [0.25, 0.3) is 11.4 Å². The maximum Gasteiger partial charge on any atom is 0.321 e. The molecule has 6 heteroatoms. The SMILES string of the molecule is Cc1cnc(-c2ccncc2)n1C1CCCN(C(=O)Nc2ccccc2)C1. The number of aryl methyl sites for hydroxylation is 1. The van der Waals surface area contributed by atoms with Crippen molar-refractivity contribution >= 4 is 11.7 Å². The van der Waals surface area contributed by atoms with Crippen LogP contribution in [0.1, 0.15) is 24.6 Å². The van der Waals surface area contributed by atoms with Gasteiger partial charge in [0.25, 0.3) is 0 Å². The summed E-state index contributed by atoms with van der Waals surface area (Å²) in [5.74, 6) is 0.935. The van der Waals surface area contributed by atoms with E-state index in [4.69, 9.17) is 0 Å². The van der Waals surface area contributed by atoms with Crippen LogP contribution in [0.3, 0.4) is 0 Å². The number of carbonyl (C=O) groups is 1. The van der Waals surface area contributed by atoms with E-state index in [9.17, 15) is 4.79 Å². The van der Waals surface area contributed by atoms with Crippen molar-refractivity contribution in [1.82, 2.24) is 19.4 Å². The number of urea groups is 1. The average Bonchev–Trinajstić information content (AvgIpc) is 3.11. The van der Waals surface area contributed by atoms with E-state index < -0.39 is 0 Å². The molecule has 3 aromatic rings. The summed E-state index contributed by atoms with van der Waals surface area (Å²) >= 11 is 0. The zero-order chi connectivity index (χ0) is 18.6. The van der Waals surface area contributed by atoms with Crippen LogP contribution < -0.4 is 5.32 Å². The highest BCUT2D eigenvalue weighted by atomic mass is 16.2. The Morgan fingerprint density at radius 3 is 2.70 bits per heavy atom. The van der Waals surface area contributed by atoms with Gasteiger partial charge in [0.15, 0.2) is 0 Å². The van der Waals surface area contributed by atoms with E-state index >= 15 is 0 Å². The highest BCUT2D eigenvalue weighted by molar-refractivity contribution is 5.89. The summed E-state index contributed by atoms with van der Waals surface area (Å²) in [5.41, 5.74) is 2.97. The Morgan fingerprint density at radius 2 is 1.93 bits per heavy atom. The number of pyridine rings is 1. The predicted molar refractivity (Wildman–Crippen MR) is 105 cm³/mol. The summed E-state index contributed by atoms with van der Waals surface area (Å²) in [6, 6.07) is 13.7. The van der Waals surface area contributed by atoms with Gasteiger partial charge in [-0.25, -0.2) is 9.78 Å². The first-order valence-electron chi connectivity index (χ1n) is 9.27. The maximum absolute atomic E-state index is 12.7. The Labute approximate surface area is 158 Å². The topological polar surface area (TPSA) is 63.1 Å². The molecule has 1 aliphatic heterocycles. The van der Waals surface area contributed by atoms with Gasteiger partial charge in [-0.1, -0.05) is 18.2 Å². The molecule has 2 aromatic heterocycles. The molecule has 1 aromatic carbocycles. The molecule has 1 N–H and O–H groups in total. The highest BCUT2D eigenvalue weighted by Crippen LogP contribution is 2.29. The number of hydrogen-bond donors (Lipinski definition) is 1. The van der Waals surface area contributed by atoms with Crippen LogP contribution in [0.2, 0.25) is 0 Å². The number of para-hydroxylation sites is 1. The number of amides is 2. The van der Waals surface area contributed by atoms with E-state index in [1.807, 2.05) is 53.6 Å². The lowest BCUT2D eigenvalue weighted by atomic mass is 10.0. The van der Waals surface area contributed by atoms with Crippen molar-refractivity contribution in [2.24, 2.45) is 0 Å². The number of nitrogens with zero attached hydrogens (tertiary/aromatic N) is 4.